The molecule has 3 aliphatic heterocycles. The summed E-state index contributed by atoms with van der Waals surface area (Å²) in [6.07, 6.45) is 3.18. The van der Waals surface area contributed by atoms with E-state index in [4.69, 9.17) is 4.74 Å². The van der Waals surface area contributed by atoms with Crippen LogP contribution in [0.25, 0.3) is 0 Å². The summed E-state index contributed by atoms with van der Waals surface area (Å²) in [6.45, 7) is 4.84. The van der Waals surface area contributed by atoms with Gasteiger partial charge in [0.2, 0.25) is 11.8 Å². The van der Waals surface area contributed by atoms with Gasteiger partial charge in [-0.25, -0.2) is 4.79 Å². The fraction of sp³-hybridized carbons (Fsp3) is 0.625. The summed E-state index contributed by atoms with van der Waals surface area (Å²) in [7, 11) is 1.83. The minimum Gasteiger partial charge on any atom is -0.506 e. The van der Waals surface area contributed by atoms with Crippen LogP contribution in [0.5, 0.6) is 11.5 Å². The fourth-order valence-corrected chi connectivity index (χ4v) is 7.73. The first-order chi connectivity index (χ1) is 15.4. The first kappa shape index (κ1) is 22.0. The van der Waals surface area contributed by atoms with Gasteiger partial charge in [0.15, 0.2) is 5.75 Å². The molecule has 33 heavy (non-hydrogen) atoms. The van der Waals surface area contributed by atoms with Crippen molar-refractivity contribution in [1.29, 1.82) is 0 Å². The number of ether oxygens (including phenoxy) is 1. The number of hydrogen-bond acceptors (Lipinski definition) is 6. The molecule has 0 radical (unpaired) electrons. The molecule has 1 aromatic carbocycles. The predicted octanol–water partition coefficient (Wildman–Crippen LogP) is 2.57. The van der Waals surface area contributed by atoms with Gasteiger partial charge in [0.1, 0.15) is 17.0 Å². The third kappa shape index (κ3) is 2.97. The Morgan fingerprint density at radius 1 is 1.27 bits per heavy atom. The van der Waals surface area contributed by atoms with E-state index in [1.807, 2.05) is 14.0 Å². The molecule has 0 aromatic heterocycles. The van der Waals surface area contributed by atoms with E-state index in [1.54, 1.807) is 4.90 Å². The zero-order valence-electron chi connectivity index (χ0n) is 19.1. The number of benzene rings is 1. The van der Waals surface area contributed by atoms with Crippen molar-refractivity contribution >= 4 is 23.5 Å². The van der Waals surface area contributed by atoms with Crippen LogP contribution >= 0.6 is 0 Å². The van der Waals surface area contributed by atoms with Gasteiger partial charge in [-0.1, -0.05) is 6.92 Å². The Morgan fingerprint density at radius 3 is 2.67 bits per heavy atom. The number of nitrogens with one attached hydrogen (secondary N) is 1. The Hall–Kier alpha value is -2.81. The third-order valence-corrected chi connectivity index (χ3v) is 8.78. The highest BCUT2D eigenvalue weighted by Crippen LogP contribution is 2.71. The molecule has 2 aliphatic carbocycles. The number of amides is 2. The van der Waals surface area contributed by atoms with Crippen LogP contribution in [-0.2, 0) is 14.3 Å². The smallest absolute Gasteiger partial charge is 0.339 e. The summed E-state index contributed by atoms with van der Waals surface area (Å²) in [6, 6.07) is 2.16. The van der Waals surface area contributed by atoms with Crippen molar-refractivity contribution in [3.05, 3.63) is 17.7 Å². The molecule has 5 fully saturated rings. The molecule has 3 heterocycles. The summed E-state index contributed by atoms with van der Waals surface area (Å²) < 4.78 is 6.46. The zero-order chi connectivity index (χ0) is 23.9. The highest BCUT2D eigenvalue weighted by atomic mass is 16.5. The van der Waals surface area contributed by atoms with Crippen molar-refractivity contribution < 1.29 is 34.4 Å². The standard InChI is InChI=1S/C24H30N2O7/c1-22(7-6-16(28)25-17-14(27)5-4-13(18(17)29)20(30)31)19-15-8-12-9-24(19,10-23(12,2)33-15)11-26(3)21(22)32/h4-5,12,15,19,27,29H,6-11H2,1-3H3,(H,25,28)(H,30,31)/t12?,15?,19?,22-,23?,24?/m0/s1. The van der Waals surface area contributed by atoms with Gasteiger partial charge in [-0.3, -0.25) is 9.59 Å². The van der Waals surface area contributed by atoms with E-state index in [0.29, 0.717) is 12.5 Å². The van der Waals surface area contributed by atoms with Crippen LogP contribution < -0.4 is 5.32 Å². The number of likely N-dealkylation sites (tertiary alicyclic amines) is 1. The molecule has 2 saturated carbocycles. The monoisotopic (exact) mass is 458 g/mol. The molecule has 178 valence electrons. The van der Waals surface area contributed by atoms with Gasteiger partial charge in [-0.2, -0.15) is 0 Å². The second-order valence-electron chi connectivity index (χ2n) is 10.9. The Morgan fingerprint density at radius 2 is 2.00 bits per heavy atom. The summed E-state index contributed by atoms with van der Waals surface area (Å²) in [5.74, 6) is -2.48. The number of piperidine rings is 1. The Balaban J connectivity index is 1.37. The van der Waals surface area contributed by atoms with Crippen LogP contribution in [0.1, 0.15) is 56.3 Å². The molecule has 2 amide bonds. The zero-order valence-corrected chi connectivity index (χ0v) is 19.1. The van der Waals surface area contributed by atoms with Crippen LogP contribution in [0.15, 0.2) is 12.1 Å². The van der Waals surface area contributed by atoms with E-state index in [2.05, 4.69) is 12.2 Å². The number of rotatable bonds is 5. The largest absolute Gasteiger partial charge is 0.506 e. The quantitative estimate of drug-likeness (QED) is 0.498. The number of hydrogen-bond donors (Lipinski definition) is 4. The van der Waals surface area contributed by atoms with E-state index in [9.17, 15) is 29.7 Å². The molecule has 1 spiro atoms. The van der Waals surface area contributed by atoms with E-state index < -0.39 is 34.4 Å². The van der Waals surface area contributed by atoms with Crippen LogP contribution in [-0.4, -0.2) is 63.3 Å². The lowest BCUT2D eigenvalue weighted by atomic mass is 9.52. The first-order valence-corrected chi connectivity index (χ1v) is 11.4. The minimum atomic E-state index is -1.38. The summed E-state index contributed by atoms with van der Waals surface area (Å²) in [4.78, 5) is 39.3. The number of carboxylic acid groups (broad SMARTS) is 1. The number of carbonyl (C=O) groups excluding carboxylic acids is 2. The first-order valence-electron chi connectivity index (χ1n) is 11.4. The van der Waals surface area contributed by atoms with Gasteiger partial charge in [-0.05, 0) is 56.1 Å². The normalized spacial score (nSPS) is 38.5. The summed E-state index contributed by atoms with van der Waals surface area (Å²) in [5.41, 5.74) is -1.67. The Bertz CT molecular complexity index is 1070. The number of phenols is 2. The predicted molar refractivity (Wildman–Crippen MR) is 117 cm³/mol. The van der Waals surface area contributed by atoms with E-state index in [0.717, 1.165) is 31.4 Å². The van der Waals surface area contributed by atoms with E-state index in [-0.39, 0.29) is 47.5 Å². The molecule has 6 atom stereocenters. The van der Waals surface area contributed by atoms with Gasteiger partial charge in [0.05, 0.1) is 17.1 Å². The van der Waals surface area contributed by atoms with Gasteiger partial charge >= 0.3 is 5.97 Å². The van der Waals surface area contributed by atoms with Crippen LogP contribution in [0, 0.1) is 22.7 Å². The summed E-state index contributed by atoms with van der Waals surface area (Å²) in [5, 5.41) is 31.8. The number of nitrogens with zero attached hydrogens (tertiary/aromatic N) is 1. The molecule has 5 aliphatic rings. The second kappa shape index (κ2) is 6.85. The van der Waals surface area contributed by atoms with Crippen molar-refractivity contribution in [3.8, 4) is 11.5 Å². The molecule has 6 rings (SSSR count). The Labute approximate surface area is 191 Å². The third-order valence-electron chi connectivity index (χ3n) is 8.78. The summed E-state index contributed by atoms with van der Waals surface area (Å²) >= 11 is 0. The van der Waals surface area contributed by atoms with Crippen molar-refractivity contribution in [2.45, 2.75) is 57.7 Å². The molecule has 5 unspecified atom stereocenters. The van der Waals surface area contributed by atoms with Gasteiger partial charge in [-0.15, -0.1) is 0 Å². The average Bonchev–Trinajstić information content (AvgIpc) is 3.08. The van der Waals surface area contributed by atoms with Gasteiger partial charge < -0.3 is 30.3 Å². The molecule has 4 bridgehead atoms. The van der Waals surface area contributed by atoms with Crippen molar-refractivity contribution in [2.75, 3.05) is 18.9 Å². The average molecular weight is 459 g/mol. The van der Waals surface area contributed by atoms with Gasteiger partial charge in [0, 0.05) is 25.9 Å². The van der Waals surface area contributed by atoms with Crippen molar-refractivity contribution in [2.24, 2.45) is 22.7 Å². The van der Waals surface area contributed by atoms with E-state index >= 15 is 0 Å². The molecule has 3 saturated heterocycles. The number of phenolic OH excluding ortho intramolecular Hbond substituents is 1. The van der Waals surface area contributed by atoms with E-state index in [1.165, 1.54) is 0 Å². The molecule has 9 heteroatoms. The SMILES string of the molecule is CN1CC23CC4CC(OC4(C)C2)C3[C@](C)(CCC(=O)Nc2c(O)ccc(C(=O)O)c2O)C1=O. The van der Waals surface area contributed by atoms with Crippen molar-refractivity contribution in [3.63, 3.8) is 0 Å². The maximum Gasteiger partial charge on any atom is 0.339 e. The van der Waals surface area contributed by atoms with Crippen molar-refractivity contribution in [1.82, 2.24) is 4.90 Å². The maximum atomic E-state index is 13.4. The van der Waals surface area contributed by atoms with Crippen LogP contribution in [0.4, 0.5) is 5.69 Å². The lowest BCUT2D eigenvalue weighted by Crippen LogP contribution is -2.65. The number of carboxylic acids is 1. The lowest BCUT2D eigenvalue weighted by Gasteiger charge is -2.59. The van der Waals surface area contributed by atoms with Gasteiger partial charge in [0.25, 0.3) is 0 Å². The van der Waals surface area contributed by atoms with Crippen LogP contribution in [0.3, 0.4) is 0 Å². The Kier molecular flexibility index (Phi) is 4.57. The molecule has 9 nitrogen and oxygen atoms in total. The molecule has 1 aromatic rings. The highest BCUT2D eigenvalue weighted by Gasteiger charge is 2.73. The number of carbonyl (C=O) groups is 3. The molecular weight excluding hydrogens is 428 g/mol. The molecular formula is C24H30N2O7. The maximum absolute atomic E-state index is 13.4. The molecule has 4 N–H and O–H groups in total. The minimum absolute atomic E-state index is 0.000818. The lowest BCUT2D eigenvalue weighted by molar-refractivity contribution is -0.205. The topological polar surface area (TPSA) is 136 Å². The number of aromatic hydroxyl groups is 2. The highest BCUT2D eigenvalue weighted by molar-refractivity contribution is 5.99. The van der Waals surface area contributed by atoms with Crippen LogP contribution in [0.2, 0.25) is 0 Å². The second-order valence-corrected chi connectivity index (χ2v) is 10.9. The number of anilines is 1. The fourth-order valence-electron chi connectivity index (χ4n) is 7.73. The number of aromatic carboxylic acids is 1.